The third-order valence-electron chi connectivity index (χ3n) is 7.17. The van der Waals surface area contributed by atoms with Gasteiger partial charge in [0.05, 0.1) is 0 Å². The Morgan fingerprint density at radius 2 is 1.84 bits per heavy atom. The van der Waals surface area contributed by atoms with Gasteiger partial charge in [-0.25, -0.2) is 4.39 Å². The molecule has 1 aliphatic carbocycles. The summed E-state index contributed by atoms with van der Waals surface area (Å²) >= 11 is 1.67. The van der Waals surface area contributed by atoms with E-state index in [1.807, 2.05) is 35.2 Å². The van der Waals surface area contributed by atoms with Gasteiger partial charge in [0.1, 0.15) is 5.82 Å². The monoisotopic (exact) mass is 448 g/mol. The Labute approximate surface area is 190 Å². The highest BCUT2D eigenvalue weighted by atomic mass is 32.2. The minimum atomic E-state index is -0.207. The molecule has 1 aromatic rings. The van der Waals surface area contributed by atoms with Gasteiger partial charge in [-0.15, -0.1) is 0 Å². The summed E-state index contributed by atoms with van der Waals surface area (Å²) < 4.78 is 14.4. The van der Waals surface area contributed by atoms with Gasteiger partial charge < -0.3 is 9.80 Å². The van der Waals surface area contributed by atoms with Crippen LogP contribution in [0.5, 0.6) is 0 Å². The molecule has 0 spiro atoms. The molecule has 172 valence electrons. The van der Waals surface area contributed by atoms with E-state index in [0.717, 1.165) is 31.7 Å². The average molecular weight is 449 g/mol. The molecule has 1 saturated carbocycles. The van der Waals surface area contributed by atoms with E-state index >= 15 is 0 Å². The van der Waals surface area contributed by atoms with Crippen molar-refractivity contribution in [2.75, 3.05) is 32.1 Å². The van der Waals surface area contributed by atoms with Crippen LogP contribution in [0, 0.1) is 17.7 Å². The number of piperidine rings is 1. The van der Waals surface area contributed by atoms with E-state index in [4.69, 9.17) is 0 Å². The molecule has 2 amide bonds. The molecule has 1 aliphatic heterocycles. The molecule has 3 rings (SSSR count). The molecule has 1 atom stereocenters. The van der Waals surface area contributed by atoms with Crippen molar-refractivity contribution >= 4 is 23.6 Å². The van der Waals surface area contributed by atoms with Gasteiger partial charge in [0, 0.05) is 44.8 Å². The van der Waals surface area contributed by atoms with Gasteiger partial charge in [0.15, 0.2) is 0 Å². The lowest BCUT2D eigenvalue weighted by atomic mass is 9.84. The van der Waals surface area contributed by atoms with Crippen LogP contribution in [0.3, 0.4) is 0 Å². The first-order valence-corrected chi connectivity index (χ1v) is 13.1. The Morgan fingerprint density at radius 1 is 1.16 bits per heavy atom. The van der Waals surface area contributed by atoms with Gasteiger partial charge >= 0.3 is 0 Å². The highest BCUT2D eigenvalue weighted by Gasteiger charge is 2.33. The standard InChI is InChI=1S/C25H37FN2O2S/c1-27(24(29)13-16-31-2)23(18-21-9-5-6-10-22(21)26)20-11-14-28(15-12-20)25(30)17-19-7-3-4-8-19/h5-6,9-10,19-20,23H,3-4,7-8,11-18H2,1-2H3/t23-/m0/s1. The van der Waals surface area contributed by atoms with Crippen LogP contribution in [0.15, 0.2) is 24.3 Å². The number of rotatable bonds is 9. The SMILES string of the molecule is CSCCC(=O)N(C)[C@@H](Cc1ccccc1F)C1CCN(C(=O)CC2CCCC2)CC1. The van der Waals surface area contributed by atoms with Crippen molar-refractivity contribution < 1.29 is 14.0 Å². The zero-order valence-electron chi connectivity index (χ0n) is 19.0. The van der Waals surface area contributed by atoms with Crippen molar-refractivity contribution in [3.8, 4) is 0 Å². The second-order valence-corrected chi connectivity index (χ2v) is 10.2. The van der Waals surface area contributed by atoms with Crippen LogP contribution in [-0.4, -0.2) is 59.8 Å². The van der Waals surface area contributed by atoms with Crippen molar-refractivity contribution in [1.82, 2.24) is 9.80 Å². The Hall–Kier alpha value is -1.56. The summed E-state index contributed by atoms with van der Waals surface area (Å²) in [5, 5.41) is 0. The fourth-order valence-electron chi connectivity index (χ4n) is 5.18. The summed E-state index contributed by atoms with van der Waals surface area (Å²) in [6, 6.07) is 6.83. The molecule has 0 N–H and O–H groups in total. The van der Waals surface area contributed by atoms with Gasteiger partial charge in [-0.3, -0.25) is 9.59 Å². The Balaban J connectivity index is 1.64. The minimum absolute atomic E-state index is 0.0432. The Bertz CT molecular complexity index is 730. The molecule has 2 aliphatic rings. The van der Waals surface area contributed by atoms with Gasteiger partial charge in [-0.2, -0.15) is 11.8 Å². The number of hydrogen-bond acceptors (Lipinski definition) is 3. The van der Waals surface area contributed by atoms with E-state index in [-0.39, 0.29) is 23.7 Å². The van der Waals surface area contributed by atoms with E-state index in [9.17, 15) is 14.0 Å². The quantitative estimate of drug-likeness (QED) is 0.547. The van der Waals surface area contributed by atoms with Crippen molar-refractivity contribution in [2.24, 2.45) is 11.8 Å². The normalized spacial score (nSPS) is 18.9. The summed E-state index contributed by atoms with van der Waals surface area (Å²) in [6.07, 6.45) is 10.4. The smallest absolute Gasteiger partial charge is 0.223 e. The largest absolute Gasteiger partial charge is 0.343 e. The van der Waals surface area contributed by atoms with Crippen LogP contribution in [0.25, 0.3) is 0 Å². The maximum atomic E-state index is 14.4. The number of likely N-dealkylation sites (N-methyl/N-ethyl adjacent to an activating group) is 1. The van der Waals surface area contributed by atoms with E-state index in [2.05, 4.69) is 0 Å². The molecule has 1 heterocycles. The van der Waals surface area contributed by atoms with Crippen LogP contribution < -0.4 is 0 Å². The number of thioether (sulfide) groups is 1. The van der Waals surface area contributed by atoms with E-state index in [1.165, 1.54) is 31.7 Å². The summed E-state index contributed by atoms with van der Waals surface area (Å²) in [6.45, 7) is 1.49. The third-order valence-corrected chi connectivity index (χ3v) is 7.78. The van der Waals surface area contributed by atoms with Crippen molar-refractivity contribution in [3.05, 3.63) is 35.6 Å². The molecule has 31 heavy (non-hydrogen) atoms. The van der Waals surface area contributed by atoms with Gasteiger partial charge in [0.25, 0.3) is 0 Å². The van der Waals surface area contributed by atoms with Crippen LogP contribution in [0.4, 0.5) is 4.39 Å². The molecule has 0 radical (unpaired) electrons. The van der Waals surface area contributed by atoms with Crippen molar-refractivity contribution in [3.63, 3.8) is 0 Å². The Kier molecular flexibility index (Phi) is 9.24. The lowest BCUT2D eigenvalue weighted by Crippen LogP contribution is -2.48. The lowest BCUT2D eigenvalue weighted by molar-refractivity contribution is -0.136. The van der Waals surface area contributed by atoms with E-state index in [0.29, 0.717) is 36.7 Å². The summed E-state index contributed by atoms with van der Waals surface area (Å²) in [5.74, 6) is 1.85. The van der Waals surface area contributed by atoms with E-state index < -0.39 is 0 Å². The third kappa shape index (κ3) is 6.71. The fourth-order valence-corrected chi connectivity index (χ4v) is 5.56. The summed E-state index contributed by atoms with van der Waals surface area (Å²) in [7, 11) is 1.87. The predicted octanol–water partition coefficient (Wildman–Crippen LogP) is 4.77. The van der Waals surface area contributed by atoms with Crippen LogP contribution in [0.2, 0.25) is 0 Å². The van der Waals surface area contributed by atoms with Gasteiger partial charge in [-0.05, 0) is 61.8 Å². The second kappa shape index (κ2) is 11.9. The number of carbonyl (C=O) groups is 2. The number of hydrogen-bond donors (Lipinski definition) is 0. The fraction of sp³-hybridized carbons (Fsp3) is 0.680. The first kappa shape index (κ1) is 24.1. The molecule has 0 bridgehead atoms. The number of benzene rings is 1. The zero-order chi connectivity index (χ0) is 22.2. The highest BCUT2D eigenvalue weighted by Crippen LogP contribution is 2.31. The van der Waals surface area contributed by atoms with Crippen LogP contribution >= 0.6 is 11.8 Å². The van der Waals surface area contributed by atoms with Crippen LogP contribution in [0.1, 0.15) is 56.9 Å². The van der Waals surface area contributed by atoms with Crippen molar-refractivity contribution in [1.29, 1.82) is 0 Å². The summed E-state index contributed by atoms with van der Waals surface area (Å²) in [4.78, 5) is 29.4. The molecule has 0 aromatic heterocycles. The number of likely N-dealkylation sites (tertiary alicyclic amines) is 1. The van der Waals surface area contributed by atoms with Gasteiger partial charge in [-0.1, -0.05) is 31.0 Å². The van der Waals surface area contributed by atoms with Crippen LogP contribution in [-0.2, 0) is 16.0 Å². The topological polar surface area (TPSA) is 40.6 Å². The molecule has 1 saturated heterocycles. The molecule has 4 nitrogen and oxygen atoms in total. The number of carbonyl (C=O) groups excluding carboxylic acids is 2. The zero-order valence-corrected chi connectivity index (χ0v) is 19.8. The first-order chi connectivity index (χ1) is 15.0. The summed E-state index contributed by atoms with van der Waals surface area (Å²) in [5.41, 5.74) is 0.664. The van der Waals surface area contributed by atoms with Gasteiger partial charge in [0.2, 0.25) is 11.8 Å². The number of nitrogens with zero attached hydrogens (tertiary/aromatic N) is 2. The Morgan fingerprint density at radius 3 is 2.48 bits per heavy atom. The molecular weight excluding hydrogens is 411 g/mol. The minimum Gasteiger partial charge on any atom is -0.343 e. The maximum absolute atomic E-state index is 14.4. The molecule has 0 unspecified atom stereocenters. The number of amides is 2. The predicted molar refractivity (Wildman–Crippen MR) is 126 cm³/mol. The molecule has 6 heteroatoms. The molecule has 2 fully saturated rings. The average Bonchev–Trinajstić information content (AvgIpc) is 3.29. The van der Waals surface area contributed by atoms with Crippen molar-refractivity contribution in [2.45, 2.75) is 63.8 Å². The maximum Gasteiger partial charge on any atom is 0.223 e. The lowest BCUT2D eigenvalue weighted by Gasteiger charge is -2.40. The molecular formula is C25H37FN2O2S. The first-order valence-electron chi connectivity index (χ1n) is 11.8. The van der Waals surface area contributed by atoms with E-state index in [1.54, 1.807) is 17.8 Å². The highest BCUT2D eigenvalue weighted by molar-refractivity contribution is 7.98. The second-order valence-electron chi connectivity index (χ2n) is 9.18. The number of halogens is 1. The molecule has 1 aromatic carbocycles.